The van der Waals surface area contributed by atoms with Crippen LogP contribution in [0.2, 0.25) is 10.0 Å². The van der Waals surface area contributed by atoms with Gasteiger partial charge in [0.05, 0.1) is 16.1 Å². The summed E-state index contributed by atoms with van der Waals surface area (Å²) in [5, 5.41) is 13.2. The number of halogens is 2. The topological polar surface area (TPSA) is 61.8 Å². The van der Waals surface area contributed by atoms with Crippen LogP contribution in [0.3, 0.4) is 0 Å². The largest absolute Gasteiger partial charge is 0.505 e. The molecule has 1 fully saturated rings. The summed E-state index contributed by atoms with van der Waals surface area (Å²) in [6, 6.07) is 3.27. The summed E-state index contributed by atoms with van der Waals surface area (Å²) in [7, 11) is 0. The van der Waals surface area contributed by atoms with Crippen molar-refractivity contribution in [1.29, 1.82) is 0 Å². The zero-order chi connectivity index (χ0) is 17.2. The molecule has 1 unspecified atom stereocenters. The maximum Gasteiger partial charge on any atom is 0.410 e. The molecule has 0 aliphatic carbocycles. The molecule has 7 heteroatoms. The van der Waals surface area contributed by atoms with E-state index in [1.165, 1.54) is 0 Å². The fourth-order valence-corrected chi connectivity index (χ4v) is 3.00. The van der Waals surface area contributed by atoms with E-state index < -0.39 is 5.60 Å². The Bertz CT molecular complexity index is 564. The highest BCUT2D eigenvalue weighted by atomic mass is 35.5. The minimum atomic E-state index is -0.504. The monoisotopic (exact) mass is 360 g/mol. The van der Waals surface area contributed by atoms with Gasteiger partial charge in [-0.05, 0) is 45.7 Å². The molecule has 1 atom stereocenters. The smallest absolute Gasteiger partial charge is 0.410 e. The predicted octanol–water partition coefficient (Wildman–Crippen LogP) is 4.51. The van der Waals surface area contributed by atoms with Gasteiger partial charge in [0.1, 0.15) is 5.60 Å². The lowest BCUT2D eigenvalue weighted by Gasteiger charge is -2.29. The van der Waals surface area contributed by atoms with E-state index in [1.54, 1.807) is 17.0 Å². The number of amides is 1. The van der Waals surface area contributed by atoms with Gasteiger partial charge in [0.15, 0.2) is 5.75 Å². The minimum absolute atomic E-state index is 0.0520. The summed E-state index contributed by atoms with van der Waals surface area (Å²) in [4.78, 5) is 14.0. The molecule has 0 radical (unpaired) electrons. The number of nitrogens with zero attached hydrogens (tertiary/aromatic N) is 1. The number of hydrogen-bond donors (Lipinski definition) is 2. The van der Waals surface area contributed by atoms with Crippen molar-refractivity contribution in [2.45, 2.75) is 45.3 Å². The first-order valence-corrected chi connectivity index (χ1v) is 8.34. The third-order valence-corrected chi connectivity index (χ3v) is 4.14. The molecule has 1 aliphatic heterocycles. The van der Waals surface area contributed by atoms with E-state index in [9.17, 15) is 9.90 Å². The number of phenols is 1. The second-order valence-corrected chi connectivity index (χ2v) is 7.45. The van der Waals surface area contributed by atoms with E-state index in [4.69, 9.17) is 27.9 Å². The Hall–Kier alpha value is -1.33. The summed E-state index contributed by atoms with van der Waals surface area (Å²) in [6.07, 6.45) is 1.57. The van der Waals surface area contributed by atoms with Gasteiger partial charge < -0.3 is 20.1 Å². The van der Waals surface area contributed by atoms with Crippen molar-refractivity contribution in [3.8, 4) is 5.75 Å². The number of ether oxygens (including phenoxy) is 1. The van der Waals surface area contributed by atoms with Crippen molar-refractivity contribution in [3.05, 3.63) is 22.2 Å². The van der Waals surface area contributed by atoms with Crippen LogP contribution in [0.25, 0.3) is 0 Å². The van der Waals surface area contributed by atoms with Crippen molar-refractivity contribution in [2.75, 3.05) is 18.4 Å². The number of carbonyl (C=O) groups is 1. The fourth-order valence-electron chi connectivity index (χ4n) is 2.51. The summed E-state index contributed by atoms with van der Waals surface area (Å²) in [6.45, 7) is 6.83. The number of phenolic OH excluding ortho intramolecular Hbond substituents is 1. The second-order valence-electron chi connectivity index (χ2n) is 6.64. The van der Waals surface area contributed by atoms with E-state index in [2.05, 4.69) is 5.32 Å². The average molecular weight is 361 g/mol. The summed E-state index contributed by atoms with van der Waals surface area (Å²) >= 11 is 11.8. The van der Waals surface area contributed by atoms with Gasteiger partial charge in [-0.2, -0.15) is 0 Å². The minimum Gasteiger partial charge on any atom is -0.505 e. The fraction of sp³-hybridized carbons (Fsp3) is 0.562. The van der Waals surface area contributed by atoms with E-state index in [0.717, 1.165) is 12.8 Å². The normalized spacial score (nSPS) is 18.1. The Morgan fingerprint density at radius 2 is 2.00 bits per heavy atom. The Balaban J connectivity index is 1.98. The van der Waals surface area contributed by atoms with Crippen LogP contribution in [-0.2, 0) is 4.74 Å². The average Bonchev–Trinajstić information content (AvgIpc) is 2.89. The van der Waals surface area contributed by atoms with Crippen LogP contribution in [0, 0.1) is 0 Å². The van der Waals surface area contributed by atoms with Gasteiger partial charge in [0.25, 0.3) is 0 Å². The molecule has 1 saturated heterocycles. The third-order valence-electron chi connectivity index (χ3n) is 3.56. The van der Waals surface area contributed by atoms with Gasteiger partial charge in [0.2, 0.25) is 0 Å². The number of anilines is 1. The lowest BCUT2D eigenvalue weighted by atomic mass is 10.2. The predicted molar refractivity (Wildman–Crippen MR) is 92.6 cm³/mol. The zero-order valence-electron chi connectivity index (χ0n) is 13.5. The Morgan fingerprint density at radius 1 is 1.39 bits per heavy atom. The van der Waals surface area contributed by atoms with Crippen LogP contribution in [0.4, 0.5) is 10.5 Å². The van der Waals surface area contributed by atoms with Gasteiger partial charge in [-0.25, -0.2) is 4.79 Å². The first kappa shape index (κ1) is 18.0. The number of nitrogens with one attached hydrogen (secondary N) is 1. The molecule has 0 saturated carbocycles. The first-order valence-electron chi connectivity index (χ1n) is 7.59. The lowest BCUT2D eigenvalue weighted by Crippen LogP contribution is -2.42. The van der Waals surface area contributed by atoms with Gasteiger partial charge in [0, 0.05) is 18.8 Å². The maximum absolute atomic E-state index is 12.2. The number of carbonyl (C=O) groups excluding carboxylic acids is 1. The van der Waals surface area contributed by atoms with Crippen LogP contribution in [0.1, 0.15) is 33.6 Å². The molecular weight excluding hydrogens is 339 g/mol. The van der Waals surface area contributed by atoms with E-state index in [-0.39, 0.29) is 27.9 Å². The standard InChI is InChI=1S/C16H22Cl2N2O3/c1-16(2,3)23-15(22)20-6-4-5-11(20)9-19-10-7-12(17)14(21)13(18)8-10/h7-8,11,19,21H,4-6,9H2,1-3H3. The van der Waals surface area contributed by atoms with Gasteiger partial charge in [-0.3, -0.25) is 0 Å². The van der Waals surface area contributed by atoms with Crippen LogP contribution in [-0.4, -0.2) is 40.8 Å². The summed E-state index contributed by atoms with van der Waals surface area (Å²) in [5.74, 6) is -0.130. The van der Waals surface area contributed by atoms with Crippen molar-refractivity contribution in [2.24, 2.45) is 0 Å². The highest BCUT2D eigenvalue weighted by Crippen LogP contribution is 2.34. The molecule has 23 heavy (non-hydrogen) atoms. The number of aromatic hydroxyl groups is 1. The summed E-state index contributed by atoms with van der Waals surface area (Å²) < 4.78 is 5.44. The second kappa shape index (κ2) is 7.05. The van der Waals surface area contributed by atoms with Crippen LogP contribution in [0.15, 0.2) is 12.1 Å². The van der Waals surface area contributed by atoms with E-state index in [0.29, 0.717) is 18.8 Å². The van der Waals surface area contributed by atoms with Crippen LogP contribution in [0.5, 0.6) is 5.75 Å². The molecule has 1 aromatic rings. The maximum atomic E-state index is 12.2. The lowest BCUT2D eigenvalue weighted by molar-refractivity contribution is 0.0235. The SMILES string of the molecule is CC(C)(C)OC(=O)N1CCCC1CNc1cc(Cl)c(O)c(Cl)c1. The van der Waals surface area contributed by atoms with Crippen molar-refractivity contribution < 1.29 is 14.6 Å². The van der Waals surface area contributed by atoms with Gasteiger partial charge in [-0.1, -0.05) is 23.2 Å². The molecule has 1 aliphatic rings. The number of hydrogen-bond acceptors (Lipinski definition) is 4. The highest BCUT2D eigenvalue weighted by molar-refractivity contribution is 6.37. The van der Waals surface area contributed by atoms with Crippen molar-refractivity contribution in [3.63, 3.8) is 0 Å². The van der Waals surface area contributed by atoms with Gasteiger partial charge in [-0.15, -0.1) is 0 Å². The van der Waals surface area contributed by atoms with Crippen molar-refractivity contribution in [1.82, 2.24) is 4.90 Å². The van der Waals surface area contributed by atoms with Crippen molar-refractivity contribution >= 4 is 35.0 Å². The number of likely N-dealkylation sites (tertiary alicyclic amines) is 1. The van der Waals surface area contributed by atoms with E-state index in [1.807, 2.05) is 20.8 Å². The molecule has 0 aromatic heterocycles. The molecule has 128 valence electrons. The van der Waals surface area contributed by atoms with E-state index >= 15 is 0 Å². The quantitative estimate of drug-likeness (QED) is 0.778. The Morgan fingerprint density at radius 3 is 2.57 bits per heavy atom. The molecule has 2 N–H and O–H groups in total. The molecule has 1 heterocycles. The number of rotatable bonds is 3. The van der Waals surface area contributed by atoms with Crippen LogP contribution >= 0.6 is 23.2 Å². The Kier molecular flexibility index (Phi) is 5.53. The van der Waals surface area contributed by atoms with Crippen LogP contribution < -0.4 is 5.32 Å². The molecule has 1 amide bonds. The summed E-state index contributed by atoms with van der Waals surface area (Å²) in [5.41, 5.74) is 0.198. The first-order chi connectivity index (χ1) is 10.7. The molecule has 5 nitrogen and oxygen atoms in total. The third kappa shape index (κ3) is 4.82. The highest BCUT2D eigenvalue weighted by Gasteiger charge is 2.31. The molecule has 2 rings (SSSR count). The molecule has 0 spiro atoms. The molecule has 0 bridgehead atoms. The zero-order valence-corrected chi connectivity index (χ0v) is 15.0. The molecular formula is C16H22Cl2N2O3. The number of benzene rings is 1. The van der Waals surface area contributed by atoms with Gasteiger partial charge >= 0.3 is 6.09 Å². The molecule has 1 aromatic carbocycles. The Labute approximate surface area is 146 Å².